The normalized spacial score (nSPS) is 28.6. The molecule has 1 aromatic carbocycles. The van der Waals surface area contributed by atoms with E-state index in [1.807, 2.05) is 18.2 Å². The minimum absolute atomic E-state index is 0.108. The molecular formula is C17H20O3. The van der Waals surface area contributed by atoms with Gasteiger partial charge in [0.05, 0.1) is 6.61 Å². The first-order chi connectivity index (χ1) is 9.67. The third-order valence-electron chi connectivity index (χ3n) is 4.55. The highest BCUT2D eigenvalue weighted by molar-refractivity contribution is 6.07. The summed E-state index contributed by atoms with van der Waals surface area (Å²) in [6.45, 7) is 2.13. The van der Waals surface area contributed by atoms with Gasteiger partial charge < -0.3 is 4.74 Å². The summed E-state index contributed by atoms with van der Waals surface area (Å²) in [7, 11) is 0. The van der Waals surface area contributed by atoms with Crippen molar-refractivity contribution < 1.29 is 14.3 Å². The van der Waals surface area contributed by atoms with Crippen molar-refractivity contribution >= 4 is 11.8 Å². The van der Waals surface area contributed by atoms with Crippen molar-refractivity contribution in [1.29, 1.82) is 0 Å². The van der Waals surface area contributed by atoms with Gasteiger partial charge in [0.1, 0.15) is 5.41 Å². The summed E-state index contributed by atoms with van der Waals surface area (Å²) in [5.74, 6) is 0.242. The van der Waals surface area contributed by atoms with E-state index in [4.69, 9.17) is 4.74 Å². The average Bonchev–Trinajstić information content (AvgIpc) is 3.23. The Morgan fingerprint density at radius 2 is 1.85 bits per heavy atom. The lowest BCUT2D eigenvalue weighted by Crippen LogP contribution is -2.50. The van der Waals surface area contributed by atoms with E-state index in [9.17, 15) is 9.59 Å². The van der Waals surface area contributed by atoms with Crippen LogP contribution in [0.5, 0.6) is 0 Å². The van der Waals surface area contributed by atoms with Crippen LogP contribution in [0, 0.1) is 11.3 Å². The molecule has 0 aliphatic heterocycles. The molecule has 106 valence electrons. The maximum Gasteiger partial charge on any atom is 0.319 e. The summed E-state index contributed by atoms with van der Waals surface area (Å²) in [5.41, 5.74) is 0.369. The molecule has 0 N–H and O–H groups in total. The molecule has 3 heteroatoms. The van der Waals surface area contributed by atoms with Crippen LogP contribution >= 0.6 is 0 Å². The zero-order valence-electron chi connectivity index (χ0n) is 11.8. The van der Waals surface area contributed by atoms with Gasteiger partial charge in [-0.2, -0.15) is 0 Å². The highest BCUT2D eigenvalue weighted by Crippen LogP contribution is 2.55. The molecule has 1 aromatic rings. The minimum Gasteiger partial charge on any atom is -0.465 e. The number of Topliss-reactive ketones (excluding diaryl/α,β-unsaturated/α-hetero) is 1. The Bertz CT molecular complexity index is 510. The van der Waals surface area contributed by atoms with Crippen molar-refractivity contribution in [2.24, 2.45) is 11.3 Å². The Hall–Kier alpha value is -1.64. The average molecular weight is 272 g/mol. The summed E-state index contributed by atoms with van der Waals surface area (Å²) < 4.78 is 5.17. The predicted octanol–water partition coefficient (Wildman–Crippen LogP) is 3.09. The number of ketones is 1. The second kappa shape index (κ2) is 5.04. The van der Waals surface area contributed by atoms with Gasteiger partial charge in [0, 0.05) is 5.92 Å². The van der Waals surface area contributed by atoms with E-state index in [1.54, 1.807) is 6.92 Å². The largest absolute Gasteiger partial charge is 0.465 e. The molecule has 0 aromatic heterocycles. The lowest BCUT2D eigenvalue weighted by atomic mass is 9.57. The van der Waals surface area contributed by atoms with Crippen LogP contribution in [0.4, 0.5) is 0 Å². The molecule has 2 aliphatic carbocycles. The maximum absolute atomic E-state index is 12.5. The highest BCUT2D eigenvalue weighted by atomic mass is 16.5. The van der Waals surface area contributed by atoms with E-state index >= 15 is 0 Å². The van der Waals surface area contributed by atoms with Crippen molar-refractivity contribution in [2.45, 2.75) is 38.5 Å². The number of ether oxygens (including phenoxy) is 1. The van der Waals surface area contributed by atoms with E-state index in [0.29, 0.717) is 25.4 Å². The second-order valence-corrected chi connectivity index (χ2v) is 5.96. The predicted molar refractivity (Wildman–Crippen MR) is 75.2 cm³/mol. The first-order valence-corrected chi connectivity index (χ1v) is 7.44. The Kier molecular flexibility index (Phi) is 3.36. The molecule has 2 saturated carbocycles. The number of hydrogen-bond donors (Lipinski definition) is 0. The first kappa shape index (κ1) is 13.3. The molecule has 20 heavy (non-hydrogen) atoms. The number of rotatable bonds is 5. The van der Waals surface area contributed by atoms with Gasteiger partial charge in [0.15, 0.2) is 5.78 Å². The van der Waals surface area contributed by atoms with E-state index in [-0.39, 0.29) is 17.7 Å². The van der Waals surface area contributed by atoms with Crippen LogP contribution in [-0.2, 0) is 14.3 Å². The molecular weight excluding hydrogens is 252 g/mol. The molecule has 0 heterocycles. The Labute approximate surface area is 119 Å². The van der Waals surface area contributed by atoms with Crippen LogP contribution < -0.4 is 0 Å². The highest BCUT2D eigenvalue weighted by Gasteiger charge is 2.59. The molecule has 3 rings (SSSR count). The Morgan fingerprint density at radius 1 is 1.20 bits per heavy atom. The van der Waals surface area contributed by atoms with Crippen LogP contribution in [-0.4, -0.2) is 18.4 Å². The molecule has 2 aliphatic rings. The summed E-state index contributed by atoms with van der Waals surface area (Å²) in [6.07, 6.45) is 3.11. The van der Waals surface area contributed by atoms with Gasteiger partial charge >= 0.3 is 5.97 Å². The molecule has 0 radical (unpaired) electrons. The number of hydrogen-bond acceptors (Lipinski definition) is 3. The van der Waals surface area contributed by atoms with Gasteiger partial charge in [-0.3, -0.25) is 9.59 Å². The van der Waals surface area contributed by atoms with Crippen LogP contribution in [0.1, 0.15) is 44.1 Å². The molecule has 0 bridgehead atoms. The number of carbonyl (C=O) groups excluding carboxylic acids is 2. The van der Waals surface area contributed by atoms with Crippen LogP contribution in [0.3, 0.4) is 0 Å². The zero-order chi connectivity index (χ0) is 14.2. The molecule has 3 nitrogen and oxygen atoms in total. The number of carbonyl (C=O) groups is 2. The molecule has 2 fully saturated rings. The second-order valence-electron chi connectivity index (χ2n) is 5.96. The van der Waals surface area contributed by atoms with Crippen molar-refractivity contribution in [1.82, 2.24) is 0 Å². The summed E-state index contributed by atoms with van der Waals surface area (Å²) in [5, 5.41) is 0. The quantitative estimate of drug-likeness (QED) is 0.611. The van der Waals surface area contributed by atoms with Crippen LogP contribution in [0.2, 0.25) is 0 Å². The molecule has 0 unspecified atom stereocenters. The van der Waals surface area contributed by atoms with E-state index in [1.165, 1.54) is 5.56 Å². The lowest BCUT2D eigenvalue weighted by molar-refractivity contribution is -0.168. The molecule has 0 spiro atoms. The fraction of sp³-hybridized carbons (Fsp3) is 0.529. The van der Waals surface area contributed by atoms with E-state index in [2.05, 4.69) is 12.1 Å². The first-order valence-electron chi connectivity index (χ1n) is 7.44. The number of esters is 1. The van der Waals surface area contributed by atoms with Gasteiger partial charge in [-0.25, -0.2) is 0 Å². The topological polar surface area (TPSA) is 43.4 Å². The lowest BCUT2D eigenvalue weighted by Gasteiger charge is -2.44. The summed E-state index contributed by atoms with van der Waals surface area (Å²) in [6, 6.07) is 10.1. The minimum atomic E-state index is -0.850. The third kappa shape index (κ3) is 2.15. The Balaban J connectivity index is 1.77. The zero-order valence-corrected chi connectivity index (χ0v) is 11.8. The molecule has 0 amide bonds. The fourth-order valence-electron chi connectivity index (χ4n) is 3.22. The van der Waals surface area contributed by atoms with Crippen LogP contribution in [0.15, 0.2) is 30.3 Å². The summed E-state index contributed by atoms with van der Waals surface area (Å²) >= 11 is 0. The van der Waals surface area contributed by atoms with Crippen molar-refractivity contribution in [3.05, 3.63) is 35.9 Å². The SMILES string of the molecule is CCOC(=O)C1(C(=O)C2CC2)CC(c2ccccc2)C1. The smallest absolute Gasteiger partial charge is 0.319 e. The number of benzene rings is 1. The van der Waals surface area contributed by atoms with Gasteiger partial charge in [-0.05, 0) is 44.1 Å². The van der Waals surface area contributed by atoms with Gasteiger partial charge in [-0.15, -0.1) is 0 Å². The van der Waals surface area contributed by atoms with Crippen molar-refractivity contribution in [3.63, 3.8) is 0 Å². The fourth-order valence-corrected chi connectivity index (χ4v) is 3.22. The van der Waals surface area contributed by atoms with Crippen molar-refractivity contribution in [3.8, 4) is 0 Å². The van der Waals surface area contributed by atoms with Gasteiger partial charge in [0.25, 0.3) is 0 Å². The van der Waals surface area contributed by atoms with Crippen molar-refractivity contribution in [2.75, 3.05) is 6.61 Å². The monoisotopic (exact) mass is 272 g/mol. The maximum atomic E-state index is 12.5. The molecule has 0 atom stereocenters. The van der Waals surface area contributed by atoms with E-state index in [0.717, 1.165) is 12.8 Å². The van der Waals surface area contributed by atoms with Gasteiger partial charge in [0.2, 0.25) is 0 Å². The molecule has 0 saturated heterocycles. The standard InChI is InChI=1S/C17H20O3/c1-2-20-16(19)17(15(18)13-8-9-13)10-14(11-17)12-6-4-3-5-7-12/h3-7,13-14H,2,8-11H2,1H3. The van der Waals surface area contributed by atoms with E-state index < -0.39 is 5.41 Å². The summed E-state index contributed by atoms with van der Waals surface area (Å²) in [4.78, 5) is 24.8. The third-order valence-corrected chi connectivity index (χ3v) is 4.55. The van der Waals surface area contributed by atoms with Gasteiger partial charge in [-0.1, -0.05) is 30.3 Å². The van der Waals surface area contributed by atoms with Crippen LogP contribution in [0.25, 0.3) is 0 Å². The Morgan fingerprint density at radius 3 is 2.40 bits per heavy atom.